The molecule has 1 rings (SSSR count). The van der Waals surface area contributed by atoms with Crippen LogP contribution in [0.15, 0.2) is 12.1 Å². The maximum Gasteiger partial charge on any atom is 0.310 e. The molecule has 0 saturated carbocycles. The molecule has 2 N–H and O–H groups in total. The topological polar surface area (TPSA) is 66.8 Å². The molecular formula is C12H16O4. The molecule has 4 nitrogen and oxygen atoms in total. The normalized spacial score (nSPS) is 12.2. The van der Waals surface area contributed by atoms with Crippen molar-refractivity contribution >= 4 is 5.97 Å². The lowest BCUT2D eigenvalue weighted by atomic mass is 9.93. The van der Waals surface area contributed by atoms with E-state index in [1.165, 1.54) is 7.11 Å². The van der Waals surface area contributed by atoms with Crippen molar-refractivity contribution in [1.29, 1.82) is 0 Å². The summed E-state index contributed by atoms with van der Waals surface area (Å²) < 4.78 is 4.97. The second-order valence-corrected chi connectivity index (χ2v) is 3.60. The van der Waals surface area contributed by atoms with E-state index in [2.05, 4.69) is 0 Å². The number of aromatic hydroxyl groups is 1. The fourth-order valence-electron chi connectivity index (χ4n) is 1.71. The van der Waals surface area contributed by atoms with Crippen molar-refractivity contribution in [2.75, 3.05) is 7.11 Å². The largest absolute Gasteiger partial charge is 0.504 e. The number of hydrogen-bond donors (Lipinski definition) is 2. The number of phenols is 1. The Morgan fingerprint density at radius 1 is 1.50 bits per heavy atom. The number of carboxylic acids is 1. The Labute approximate surface area is 94.5 Å². The molecule has 0 heterocycles. The molecular weight excluding hydrogens is 208 g/mol. The second kappa shape index (κ2) is 4.88. The summed E-state index contributed by atoms with van der Waals surface area (Å²) in [5.41, 5.74) is 1.27. The molecule has 0 radical (unpaired) electrons. The highest BCUT2D eigenvalue weighted by molar-refractivity contribution is 5.78. The summed E-state index contributed by atoms with van der Waals surface area (Å²) in [6.07, 6.45) is 0.671. The van der Waals surface area contributed by atoms with Gasteiger partial charge in [-0.1, -0.05) is 13.0 Å². The molecule has 0 saturated heterocycles. The first-order chi connectivity index (χ1) is 7.52. The molecule has 0 spiro atoms. The molecule has 1 aromatic carbocycles. The zero-order chi connectivity index (χ0) is 12.3. The molecule has 1 aromatic rings. The number of benzene rings is 1. The van der Waals surface area contributed by atoms with Gasteiger partial charge in [0.2, 0.25) is 0 Å². The zero-order valence-electron chi connectivity index (χ0n) is 9.65. The van der Waals surface area contributed by atoms with Crippen LogP contribution in [-0.2, 0) is 11.2 Å². The van der Waals surface area contributed by atoms with Crippen molar-refractivity contribution < 1.29 is 19.7 Å². The molecule has 1 atom stereocenters. The van der Waals surface area contributed by atoms with Crippen LogP contribution in [0.2, 0.25) is 0 Å². The van der Waals surface area contributed by atoms with Crippen molar-refractivity contribution in [1.82, 2.24) is 0 Å². The monoisotopic (exact) mass is 224 g/mol. The van der Waals surface area contributed by atoms with Gasteiger partial charge in [0, 0.05) is 5.56 Å². The number of rotatable bonds is 4. The number of ether oxygens (including phenoxy) is 1. The summed E-state index contributed by atoms with van der Waals surface area (Å²) in [6.45, 7) is 3.47. The third kappa shape index (κ3) is 2.10. The number of aryl methyl sites for hydroxylation is 1. The van der Waals surface area contributed by atoms with E-state index in [0.29, 0.717) is 17.7 Å². The van der Waals surface area contributed by atoms with Crippen LogP contribution in [0.25, 0.3) is 0 Å². The second-order valence-electron chi connectivity index (χ2n) is 3.60. The highest BCUT2D eigenvalue weighted by Crippen LogP contribution is 2.37. The Morgan fingerprint density at radius 3 is 2.56 bits per heavy atom. The van der Waals surface area contributed by atoms with Gasteiger partial charge in [0.15, 0.2) is 11.5 Å². The van der Waals surface area contributed by atoms with Crippen LogP contribution in [0.3, 0.4) is 0 Å². The highest BCUT2D eigenvalue weighted by atomic mass is 16.5. The minimum atomic E-state index is -0.960. The predicted octanol–water partition coefficient (Wildman–Crippen LogP) is 2.15. The van der Waals surface area contributed by atoms with E-state index in [1.807, 2.05) is 6.92 Å². The summed E-state index contributed by atoms with van der Waals surface area (Å²) >= 11 is 0. The summed E-state index contributed by atoms with van der Waals surface area (Å²) in [6, 6.07) is 3.43. The van der Waals surface area contributed by atoms with Gasteiger partial charge in [-0.2, -0.15) is 0 Å². The summed E-state index contributed by atoms with van der Waals surface area (Å²) in [7, 11) is 1.44. The van der Waals surface area contributed by atoms with Gasteiger partial charge in [0.25, 0.3) is 0 Å². The summed E-state index contributed by atoms with van der Waals surface area (Å²) in [5, 5.41) is 18.9. The predicted molar refractivity (Wildman–Crippen MR) is 60.1 cm³/mol. The maximum atomic E-state index is 11.0. The number of phenolic OH excluding ortho intramolecular Hbond substituents is 1. The molecule has 4 heteroatoms. The molecule has 0 fully saturated rings. The summed E-state index contributed by atoms with van der Waals surface area (Å²) in [4.78, 5) is 11.0. The Hall–Kier alpha value is -1.71. The van der Waals surface area contributed by atoms with Gasteiger partial charge in [-0.15, -0.1) is 0 Å². The lowest BCUT2D eigenvalue weighted by Crippen LogP contribution is -2.10. The van der Waals surface area contributed by atoms with E-state index in [0.717, 1.165) is 5.56 Å². The van der Waals surface area contributed by atoms with E-state index >= 15 is 0 Å². The van der Waals surface area contributed by atoms with Crippen LogP contribution >= 0.6 is 0 Å². The number of hydrogen-bond acceptors (Lipinski definition) is 3. The van der Waals surface area contributed by atoms with Gasteiger partial charge in [0.1, 0.15) is 0 Å². The zero-order valence-corrected chi connectivity index (χ0v) is 9.65. The van der Waals surface area contributed by atoms with Gasteiger partial charge in [-0.05, 0) is 25.0 Å². The van der Waals surface area contributed by atoms with Crippen molar-refractivity contribution in [3.63, 3.8) is 0 Å². The lowest BCUT2D eigenvalue weighted by Gasteiger charge is -2.16. The quantitative estimate of drug-likeness (QED) is 0.822. The minimum Gasteiger partial charge on any atom is -0.504 e. The van der Waals surface area contributed by atoms with Crippen LogP contribution in [0.5, 0.6) is 11.5 Å². The highest BCUT2D eigenvalue weighted by Gasteiger charge is 2.22. The van der Waals surface area contributed by atoms with Crippen molar-refractivity contribution in [3.8, 4) is 11.5 Å². The van der Waals surface area contributed by atoms with Gasteiger partial charge in [-0.25, -0.2) is 0 Å². The van der Waals surface area contributed by atoms with E-state index in [1.54, 1.807) is 19.1 Å². The van der Waals surface area contributed by atoms with Crippen LogP contribution in [-0.4, -0.2) is 23.3 Å². The van der Waals surface area contributed by atoms with Gasteiger partial charge in [-0.3, -0.25) is 4.79 Å². The molecule has 88 valence electrons. The minimum absolute atomic E-state index is 0.0725. The lowest BCUT2D eigenvalue weighted by molar-refractivity contribution is -0.138. The van der Waals surface area contributed by atoms with E-state index in [-0.39, 0.29) is 5.75 Å². The Kier molecular flexibility index (Phi) is 3.77. The third-order valence-corrected chi connectivity index (χ3v) is 2.67. The number of methoxy groups -OCH3 is 1. The standard InChI is InChI=1S/C12H16O4/c1-4-8-5-6-9(16-3)11(13)10(8)7(2)12(14)15/h5-7,13H,4H2,1-3H3,(H,14,15). The maximum absolute atomic E-state index is 11.0. The number of carbonyl (C=O) groups is 1. The molecule has 0 aliphatic rings. The first kappa shape index (κ1) is 12.4. The molecule has 0 aliphatic heterocycles. The average molecular weight is 224 g/mol. The Morgan fingerprint density at radius 2 is 2.12 bits per heavy atom. The SMILES string of the molecule is CCc1ccc(OC)c(O)c1C(C)C(=O)O. The number of aliphatic carboxylic acids is 1. The van der Waals surface area contributed by atoms with Crippen molar-refractivity contribution in [3.05, 3.63) is 23.3 Å². The van der Waals surface area contributed by atoms with E-state index in [9.17, 15) is 9.90 Å². The fraction of sp³-hybridized carbons (Fsp3) is 0.417. The smallest absolute Gasteiger partial charge is 0.310 e. The van der Waals surface area contributed by atoms with Crippen LogP contribution in [0.4, 0.5) is 0 Å². The molecule has 0 bridgehead atoms. The van der Waals surface area contributed by atoms with Crippen LogP contribution in [0, 0.1) is 0 Å². The molecule has 16 heavy (non-hydrogen) atoms. The third-order valence-electron chi connectivity index (χ3n) is 2.67. The molecule has 0 amide bonds. The molecule has 1 unspecified atom stereocenters. The number of carboxylic acid groups (broad SMARTS) is 1. The fourth-order valence-corrected chi connectivity index (χ4v) is 1.71. The van der Waals surface area contributed by atoms with Crippen LogP contribution < -0.4 is 4.74 Å². The van der Waals surface area contributed by atoms with Gasteiger partial charge in [0.05, 0.1) is 13.0 Å². The van der Waals surface area contributed by atoms with Gasteiger partial charge >= 0.3 is 5.97 Å². The van der Waals surface area contributed by atoms with E-state index in [4.69, 9.17) is 9.84 Å². The average Bonchev–Trinajstić information content (AvgIpc) is 2.27. The first-order valence-corrected chi connectivity index (χ1v) is 5.14. The Balaban J connectivity index is 3.37. The Bertz CT molecular complexity index is 398. The first-order valence-electron chi connectivity index (χ1n) is 5.14. The van der Waals surface area contributed by atoms with Crippen molar-refractivity contribution in [2.24, 2.45) is 0 Å². The van der Waals surface area contributed by atoms with Crippen LogP contribution in [0.1, 0.15) is 30.9 Å². The van der Waals surface area contributed by atoms with E-state index < -0.39 is 11.9 Å². The molecule has 0 aromatic heterocycles. The molecule has 0 aliphatic carbocycles. The van der Waals surface area contributed by atoms with Gasteiger partial charge < -0.3 is 14.9 Å². The summed E-state index contributed by atoms with van der Waals surface area (Å²) in [5.74, 6) is -1.47. The van der Waals surface area contributed by atoms with Crippen molar-refractivity contribution in [2.45, 2.75) is 26.2 Å².